The summed E-state index contributed by atoms with van der Waals surface area (Å²) in [5, 5.41) is 9.08. The molecule has 0 saturated heterocycles. The van der Waals surface area contributed by atoms with Crippen molar-refractivity contribution in [2.45, 2.75) is 25.4 Å². The topological polar surface area (TPSA) is 20.2 Å². The third kappa shape index (κ3) is 2.47. The fourth-order valence-corrected chi connectivity index (χ4v) is 0.878. The van der Waals surface area contributed by atoms with Gasteiger partial charge in [-0.05, 0) is 19.3 Å². The van der Waals surface area contributed by atoms with Crippen LogP contribution in [0.4, 0.5) is 0 Å². The van der Waals surface area contributed by atoms with Crippen LogP contribution in [0.25, 0.3) is 0 Å². The Kier molecular flexibility index (Phi) is 2.52. The summed E-state index contributed by atoms with van der Waals surface area (Å²) in [6, 6.07) is 0. The first kappa shape index (κ1) is 6.56. The number of hydrogen-bond acceptors (Lipinski definition) is 1. The summed E-state index contributed by atoms with van der Waals surface area (Å²) in [5.74, 6) is 0. The fourth-order valence-electron chi connectivity index (χ4n) is 0.878. The van der Waals surface area contributed by atoms with E-state index < -0.39 is 0 Å². The first-order chi connectivity index (χ1) is 4.39. The molecular formula is C8H12O. The monoisotopic (exact) mass is 124 g/mol. The number of rotatable bonds is 0. The van der Waals surface area contributed by atoms with Crippen molar-refractivity contribution in [3.63, 3.8) is 0 Å². The van der Waals surface area contributed by atoms with Crippen molar-refractivity contribution in [3.05, 3.63) is 24.3 Å². The second kappa shape index (κ2) is 3.46. The molecule has 1 rings (SSSR count). The van der Waals surface area contributed by atoms with Crippen LogP contribution in [-0.2, 0) is 0 Å². The Labute approximate surface area is 55.7 Å². The van der Waals surface area contributed by atoms with Crippen molar-refractivity contribution in [1.29, 1.82) is 0 Å². The van der Waals surface area contributed by atoms with Crippen molar-refractivity contribution in [2.75, 3.05) is 0 Å². The van der Waals surface area contributed by atoms with Crippen LogP contribution < -0.4 is 0 Å². The zero-order chi connectivity index (χ0) is 6.53. The van der Waals surface area contributed by atoms with Gasteiger partial charge in [0.05, 0.1) is 6.10 Å². The van der Waals surface area contributed by atoms with Gasteiger partial charge in [-0.25, -0.2) is 0 Å². The van der Waals surface area contributed by atoms with E-state index in [9.17, 15) is 0 Å². The Morgan fingerprint density at radius 1 is 1.11 bits per heavy atom. The number of allylic oxidation sites excluding steroid dienone is 2. The van der Waals surface area contributed by atoms with E-state index in [1.807, 2.05) is 18.2 Å². The summed E-state index contributed by atoms with van der Waals surface area (Å²) in [5.41, 5.74) is 0. The summed E-state index contributed by atoms with van der Waals surface area (Å²) in [4.78, 5) is 0. The highest BCUT2D eigenvalue weighted by molar-refractivity contribution is 4.98. The summed E-state index contributed by atoms with van der Waals surface area (Å²) in [6.07, 6.45) is 10.8. The van der Waals surface area contributed by atoms with E-state index in [-0.39, 0.29) is 6.10 Å². The predicted octanol–water partition coefficient (Wildman–Crippen LogP) is 1.64. The second-order valence-electron chi connectivity index (χ2n) is 2.28. The van der Waals surface area contributed by atoms with Crippen LogP contribution in [0.2, 0.25) is 0 Å². The van der Waals surface area contributed by atoms with Crippen molar-refractivity contribution < 1.29 is 5.11 Å². The Morgan fingerprint density at radius 3 is 2.78 bits per heavy atom. The van der Waals surface area contributed by atoms with Gasteiger partial charge in [0, 0.05) is 0 Å². The molecule has 1 heteroatoms. The van der Waals surface area contributed by atoms with E-state index in [4.69, 9.17) is 5.11 Å². The molecule has 1 atom stereocenters. The first-order valence-electron chi connectivity index (χ1n) is 3.39. The van der Waals surface area contributed by atoms with Gasteiger partial charge in [0.2, 0.25) is 0 Å². The molecule has 0 aromatic heterocycles. The smallest absolute Gasteiger partial charge is 0.0755 e. The van der Waals surface area contributed by atoms with Gasteiger partial charge in [-0.1, -0.05) is 24.3 Å². The summed E-state index contributed by atoms with van der Waals surface area (Å²) < 4.78 is 0. The standard InChI is InChI=1S/C8H12O/c9-8-6-4-2-1-3-5-7-8/h2,4-5,7-9H,1,3,6H2/b4-2-,7-5-. The van der Waals surface area contributed by atoms with Gasteiger partial charge < -0.3 is 5.11 Å². The van der Waals surface area contributed by atoms with E-state index in [1.54, 1.807) is 0 Å². The van der Waals surface area contributed by atoms with E-state index in [2.05, 4.69) is 6.08 Å². The number of aliphatic hydroxyl groups is 1. The molecule has 0 radical (unpaired) electrons. The molecule has 1 nitrogen and oxygen atoms in total. The van der Waals surface area contributed by atoms with Crippen molar-refractivity contribution in [3.8, 4) is 0 Å². The average molecular weight is 124 g/mol. The van der Waals surface area contributed by atoms with Crippen molar-refractivity contribution >= 4 is 0 Å². The molecule has 0 fully saturated rings. The summed E-state index contributed by atoms with van der Waals surface area (Å²) >= 11 is 0. The molecule has 9 heavy (non-hydrogen) atoms. The van der Waals surface area contributed by atoms with Gasteiger partial charge in [-0.2, -0.15) is 0 Å². The highest BCUT2D eigenvalue weighted by Crippen LogP contribution is 2.03. The van der Waals surface area contributed by atoms with Crippen LogP contribution in [0.5, 0.6) is 0 Å². The van der Waals surface area contributed by atoms with Crippen LogP contribution in [0, 0.1) is 0 Å². The molecule has 1 aliphatic rings. The summed E-state index contributed by atoms with van der Waals surface area (Å²) in [7, 11) is 0. The van der Waals surface area contributed by atoms with Gasteiger partial charge in [-0.3, -0.25) is 0 Å². The van der Waals surface area contributed by atoms with Crippen LogP contribution in [0.15, 0.2) is 24.3 Å². The fraction of sp³-hybridized carbons (Fsp3) is 0.500. The molecule has 0 heterocycles. The molecule has 0 spiro atoms. The lowest BCUT2D eigenvalue weighted by atomic mass is 10.1. The maximum absolute atomic E-state index is 9.08. The molecule has 1 aliphatic carbocycles. The maximum Gasteiger partial charge on any atom is 0.0755 e. The Balaban J connectivity index is 2.40. The Bertz CT molecular complexity index is 125. The molecular weight excluding hydrogens is 112 g/mol. The van der Waals surface area contributed by atoms with Crippen molar-refractivity contribution in [1.82, 2.24) is 0 Å². The van der Waals surface area contributed by atoms with Gasteiger partial charge in [0.1, 0.15) is 0 Å². The summed E-state index contributed by atoms with van der Waals surface area (Å²) in [6.45, 7) is 0. The van der Waals surface area contributed by atoms with E-state index in [0.29, 0.717) is 0 Å². The van der Waals surface area contributed by atoms with Crippen LogP contribution in [-0.4, -0.2) is 11.2 Å². The van der Waals surface area contributed by atoms with Crippen LogP contribution >= 0.6 is 0 Å². The van der Waals surface area contributed by atoms with Gasteiger partial charge in [-0.15, -0.1) is 0 Å². The van der Waals surface area contributed by atoms with Crippen LogP contribution in [0.1, 0.15) is 19.3 Å². The van der Waals surface area contributed by atoms with E-state index in [1.165, 1.54) is 0 Å². The van der Waals surface area contributed by atoms with Gasteiger partial charge >= 0.3 is 0 Å². The molecule has 0 amide bonds. The van der Waals surface area contributed by atoms with Crippen LogP contribution in [0.3, 0.4) is 0 Å². The molecule has 0 aliphatic heterocycles. The minimum absolute atomic E-state index is 0.249. The van der Waals surface area contributed by atoms with Gasteiger partial charge in [0.15, 0.2) is 0 Å². The maximum atomic E-state index is 9.08. The molecule has 0 bridgehead atoms. The highest BCUT2D eigenvalue weighted by Gasteiger charge is 1.95. The third-order valence-electron chi connectivity index (χ3n) is 1.40. The normalized spacial score (nSPS) is 34.6. The van der Waals surface area contributed by atoms with E-state index in [0.717, 1.165) is 19.3 Å². The zero-order valence-corrected chi connectivity index (χ0v) is 5.46. The lowest BCUT2D eigenvalue weighted by molar-refractivity contribution is 0.226. The highest BCUT2D eigenvalue weighted by atomic mass is 16.3. The largest absolute Gasteiger partial charge is 0.389 e. The lowest BCUT2D eigenvalue weighted by Gasteiger charge is -2.02. The minimum Gasteiger partial charge on any atom is -0.389 e. The van der Waals surface area contributed by atoms with E-state index >= 15 is 0 Å². The average Bonchev–Trinajstić information content (AvgIpc) is 1.79. The minimum atomic E-state index is -0.249. The second-order valence-corrected chi connectivity index (χ2v) is 2.28. The molecule has 1 unspecified atom stereocenters. The first-order valence-corrected chi connectivity index (χ1v) is 3.39. The molecule has 50 valence electrons. The third-order valence-corrected chi connectivity index (χ3v) is 1.40. The Hall–Kier alpha value is -0.560. The SMILES string of the molecule is OC1/C=C\CC/C=C\C1. The molecule has 0 aromatic carbocycles. The number of aliphatic hydroxyl groups excluding tert-OH is 1. The quantitative estimate of drug-likeness (QED) is 0.487. The predicted molar refractivity (Wildman–Crippen MR) is 38.1 cm³/mol. The van der Waals surface area contributed by atoms with Crippen molar-refractivity contribution in [2.24, 2.45) is 0 Å². The molecule has 1 N–H and O–H groups in total. The zero-order valence-electron chi connectivity index (χ0n) is 5.46. The Morgan fingerprint density at radius 2 is 1.89 bits per heavy atom. The molecule has 0 saturated carbocycles. The lowest BCUT2D eigenvalue weighted by Crippen LogP contribution is -1.99. The molecule has 0 aromatic rings. The number of hydrogen-bond donors (Lipinski definition) is 1. The van der Waals surface area contributed by atoms with Gasteiger partial charge in [0.25, 0.3) is 0 Å².